The molecule has 30 heavy (non-hydrogen) atoms. The van der Waals surface area contributed by atoms with E-state index in [1.165, 1.54) is 0 Å². The third-order valence-corrected chi connectivity index (χ3v) is 6.08. The van der Waals surface area contributed by atoms with Crippen LogP contribution in [0.1, 0.15) is 26.4 Å². The van der Waals surface area contributed by atoms with E-state index in [4.69, 9.17) is 0 Å². The zero-order chi connectivity index (χ0) is 20.9. The molecule has 3 heterocycles. The van der Waals surface area contributed by atoms with Gasteiger partial charge in [0.15, 0.2) is 0 Å². The van der Waals surface area contributed by atoms with E-state index in [1.54, 1.807) is 22.2 Å². The number of carbonyl (C=O) groups is 2. The summed E-state index contributed by atoms with van der Waals surface area (Å²) in [5, 5.41) is 11.2. The van der Waals surface area contributed by atoms with Gasteiger partial charge in [-0.2, -0.15) is 16.4 Å². The second-order valence-electron chi connectivity index (χ2n) is 7.29. The lowest BCUT2D eigenvalue weighted by molar-refractivity contribution is 0.0638. The third kappa shape index (κ3) is 4.44. The third-order valence-electron chi connectivity index (χ3n) is 5.40. The van der Waals surface area contributed by atoms with Gasteiger partial charge in [-0.3, -0.25) is 14.5 Å². The normalized spacial score (nSPS) is 14.6. The van der Waals surface area contributed by atoms with E-state index in [9.17, 15) is 9.59 Å². The summed E-state index contributed by atoms with van der Waals surface area (Å²) in [6.45, 7) is 6.29. The Kier molecular flexibility index (Phi) is 6.25. The van der Waals surface area contributed by atoms with Crippen molar-refractivity contribution in [2.45, 2.75) is 6.92 Å². The molecular weight excluding hydrogens is 398 g/mol. The van der Waals surface area contributed by atoms with Crippen LogP contribution in [0.25, 0.3) is 5.69 Å². The van der Waals surface area contributed by atoms with Gasteiger partial charge < -0.3 is 10.2 Å². The number of nitrogens with zero attached hydrogens (tertiary/aromatic N) is 4. The van der Waals surface area contributed by atoms with Gasteiger partial charge in [-0.1, -0.05) is 18.2 Å². The van der Waals surface area contributed by atoms with Gasteiger partial charge in [-0.05, 0) is 30.5 Å². The van der Waals surface area contributed by atoms with E-state index in [2.05, 4.69) is 15.3 Å². The molecule has 1 saturated heterocycles. The molecule has 0 aliphatic carbocycles. The topological polar surface area (TPSA) is 70.5 Å². The lowest BCUT2D eigenvalue weighted by atomic mass is 10.2. The summed E-state index contributed by atoms with van der Waals surface area (Å²) in [5.41, 5.74) is 3.11. The molecule has 3 aromatic rings. The van der Waals surface area contributed by atoms with Crippen LogP contribution in [0.15, 0.2) is 53.4 Å². The number of piperazine rings is 1. The summed E-state index contributed by atoms with van der Waals surface area (Å²) in [6.07, 6.45) is 1.62. The molecule has 1 fully saturated rings. The SMILES string of the molecule is Cc1c(C(=O)NCCN2CCN(C(=O)c3ccsc3)CC2)cnn1-c1ccccc1. The number of para-hydroxylation sites is 1. The summed E-state index contributed by atoms with van der Waals surface area (Å²) in [7, 11) is 0. The molecule has 156 valence electrons. The molecule has 0 unspecified atom stereocenters. The summed E-state index contributed by atoms with van der Waals surface area (Å²) >= 11 is 1.54. The number of thiophene rings is 1. The van der Waals surface area contributed by atoms with Gasteiger partial charge in [0.05, 0.1) is 28.7 Å². The minimum absolute atomic E-state index is 0.107. The highest BCUT2D eigenvalue weighted by atomic mass is 32.1. The number of hydrogen-bond donors (Lipinski definition) is 1. The number of hydrogen-bond acceptors (Lipinski definition) is 5. The predicted molar refractivity (Wildman–Crippen MR) is 117 cm³/mol. The first-order valence-corrected chi connectivity index (χ1v) is 11.0. The van der Waals surface area contributed by atoms with Crippen molar-refractivity contribution in [3.05, 3.63) is 70.2 Å². The number of amides is 2. The van der Waals surface area contributed by atoms with Gasteiger partial charge in [0.1, 0.15) is 0 Å². The van der Waals surface area contributed by atoms with E-state index in [0.717, 1.165) is 36.6 Å². The summed E-state index contributed by atoms with van der Waals surface area (Å²) in [4.78, 5) is 29.2. The molecule has 0 spiro atoms. The van der Waals surface area contributed by atoms with Crippen molar-refractivity contribution in [2.75, 3.05) is 39.3 Å². The van der Waals surface area contributed by atoms with E-state index in [0.29, 0.717) is 25.2 Å². The van der Waals surface area contributed by atoms with Crippen molar-refractivity contribution >= 4 is 23.2 Å². The molecule has 1 aliphatic rings. The van der Waals surface area contributed by atoms with Crippen molar-refractivity contribution in [3.63, 3.8) is 0 Å². The Morgan fingerprint density at radius 3 is 2.57 bits per heavy atom. The first-order valence-electron chi connectivity index (χ1n) is 10.1. The number of benzene rings is 1. The minimum atomic E-state index is -0.110. The Balaban J connectivity index is 1.24. The molecule has 2 amide bonds. The van der Waals surface area contributed by atoms with E-state index in [1.807, 2.05) is 59.0 Å². The zero-order valence-corrected chi connectivity index (χ0v) is 17.8. The fourth-order valence-electron chi connectivity index (χ4n) is 3.63. The van der Waals surface area contributed by atoms with Gasteiger partial charge in [0, 0.05) is 44.6 Å². The molecule has 0 saturated carbocycles. The van der Waals surface area contributed by atoms with Crippen LogP contribution in [0, 0.1) is 6.92 Å². The fraction of sp³-hybridized carbons (Fsp3) is 0.318. The molecule has 8 heteroatoms. The molecule has 0 bridgehead atoms. The average Bonchev–Trinajstić information content (AvgIpc) is 3.44. The van der Waals surface area contributed by atoms with Crippen molar-refractivity contribution in [2.24, 2.45) is 0 Å². The Morgan fingerprint density at radius 2 is 1.87 bits per heavy atom. The maximum Gasteiger partial charge on any atom is 0.254 e. The van der Waals surface area contributed by atoms with Gasteiger partial charge >= 0.3 is 0 Å². The van der Waals surface area contributed by atoms with Gasteiger partial charge in [0.2, 0.25) is 0 Å². The van der Waals surface area contributed by atoms with E-state index >= 15 is 0 Å². The van der Waals surface area contributed by atoms with Crippen molar-refractivity contribution in [1.82, 2.24) is 24.9 Å². The van der Waals surface area contributed by atoms with Crippen LogP contribution in [0.3, 0.4) is 0 Å². The highest BCUT2D eigenvalue weighted by Gasteiger charge is 2.22. The number of carbonyl (C=O) groups excluding carboxylic acids is 2. The second-order valence-corrected chi connectivity index (χ2v) is 8.07. The quantitative estimate of drug-likeness (QED) is 0.661. The molecule has 0 radical (unpaired) electrons. The van der Waals surface area contributed by atoms with Crippen molar-refractivity contribution < 1.29 is 9.59 Å². The maximum atomic E-state index is 12.6. The largest absolute Gasteiger partial charge is 0.351 e. The molecule has 1 aromatic carbocycles. The number of aromatic nitrogens is 2. The van der Waals surface area contributed by atoms with Crippen LogP contribution in [-0.2, 0) is 0 Å². The van der Waals surface area contributed by atoms with Crippen LogP contribution in [-0.4, -0.2) is 70.7 Å². The van der Waals surface area contributed by atoms with Gasteiger partial charge in [-0.15, -0.1) is 0 Å². The Bertz CT molecular complexity index is 992. The molecular formula is C22H25N5O2S. The summed E-state index contributed by atoms with van der Waals surface area (Å²) in [5.74, 6) is -0.00365. The average molecular weight is 424 g/mol. The number of rotatable bonds is 6. The first kappa shape index (κ1) is 20.3. The van der Waals surface area contributed by atoms with Crippen LogP contribution >= 0.6 is 11.3 Å². The molecule has 1 aliphatic heterocycles. The zero-order valence-electron chi connectivity index (χ0n) is 17.0. The fourth-order valence-corrected chi connectivity index (χ4v) is 4.26. The van der Waals surface area contributed by atoms with E-state index < -0.39 is 0 Å². The highest BCUT2D eigenvalue weighted by Crippen LogP contribution is 2.14. The Morgan fingerprint density at radius 1 is 1.10 bits per heavy atom. The standard InChI is InChI=1S/C22H25N5O2S/c1-17-20(15-24-27(17)19-5-3-2-4-6-19)21(28)23-8-9-25-10-12-26(13-11-25)22(29)18-7-14-30-16-18/h2-7,14-16H,8-13H2,1H3,(H,23,28). The summed E-state index contributed by atoms with van der Waals surface area (Å²) < 4.78 is 1.78. The number of nitrogens with one attached hydrogen (secondary N) is 1. The lowest BCUT2D eigenvalue weighted by Gasteiger charge is -2.34. The molecule has 4 rings (SSSR count). The monoisotopic (exact) mass is 423 g/mol. The van der Waals surface area contributed by atoms with Crippen LogP contribution < -0.4 is 5.32 Å². The van der Waals surface area contributed by atoms with Crippen molar-refractivity contribution in [1.29, 1.82) is 0 Å². The summed E-state index contributed by atoms with van der Waals surface area (Å²) in [6, 6.07) is 11.6. The predicted octanol–water partition coefficient (Wildman–Crippen LogP) is 2.43. The molecule has 7 nitrogen and oxygen atoms in total. The Labute approximate surface area is 179 Å². The van der Waals surface area contributed by atoms with Gasteiger partial charge in [-0.25, -0.2) is 4.68 Å². The molecule has 1 N–H and O–H groups in total. The smallest absolute Gasteiger partial charge is 0.254 e. The Hall–Kier alpha value is -2.97. The first-order chi connectivity index (χ1) is 14.6. The van der Waals surface area contributed by atoms with Crippen molar-refractivity contribution in [3.8, 4) is 5.69 Å². The highest BCUT2D eigenvalue weighted by molar-refractivity contribution is 7.08. The van der Waals surface area contributed by atoms with Crippen LogP contribution in [0.2, 0.25) is 0 Å². The van der Waals surface area contributed by atoms with Gasteiger partial charge in [0.25, 0.3) is 11.8 Å². The molecule has 0 atom stereocenters. The molecule has 2 aromatic heterocycles. The maximum absolute atomic E-state index is 12.6. The van der Waals surface area contributed by atoms with E-state index in [-0.39, 0.29) is 11.8 Å². The lowest BCUT2D eigenvalue weighted by Crippen LogP contribution is -2.50. The van der Waals surface area contributed by atoms with Crippen LogP contribution in [0.5, 0.6) is 0 Å². The van der Waals surface area contributed by atoms with Crippen LogP contribution in [0.4, 0.5) is 0 Å². The second kappa shape index (κ2) is 9.23. The minimum Gasteiger partial charge on any atom is -0.351 e.